The third kappa shape index (κ3) is 3.06. The Morgan fingerprint density at radius 2 is 1.80 bits per heavy atom. The minimum absolute atomic E-state index is 0.106. The zero-order valence-electron chi connectivity index (χ0n) is 8.65. The highest BCUT2D eigenvalue weighted by Gasteiger charge is 2.14. The van der Waals surface area contributed by atoms with Crippen LogP contribution in [-0.2, 0) is 21.2 Å². The van der Waals surface area contributed by atoms with Crippen LogP contribution in [0.3, 0.4) is 0 Å². The van der Waals surface area contributed by atoms with Crippen molar-refractivity contribution in [3.8, 4) is 0 Å². The minimum atomic E-state index is -3.68. The Kier molecular flexibility index (Phi) is 3.47. The molecule has 4 nitrogen and oxygen atoms in total. The standard InChI is InChI=1S/C10H13NO3S/c1-3-9-4-6-10(7-5-9)15(13,14)11-8(2)12/h4-7H,3H2,1-2H3,(H,11,12). The van der Waals surface area contributed by atoms with Crippen molar-refractivity contribution in [1.82, 2.24) is 4.72 Å². The van der Waals surface area contributed by atoms with Gasteiger partial charge in [0.2, 0.25) is 5.91 Å². The second-order valence-corrected chi connectivity index (χ2v) is 4.84. The summed E-state index contributed by atoms with van der Waals surface area (Å²) in [6, 6.07) is 6.44. The molecule has 1 aromatic rings. The number of hydrogen-bond acceptors (Lipinski definition) is 3. The van der Waals surface area contributed by atoms with E-state index in [1.807, 2.05) is 11.6 Å². The topological polar surface area (TPSA) is 63.2 Å². The molecule has 1 amide bonds. The lowest BCUT2D eigenvalue weighted by Crippen LogP contribution is -2.28. The molecule has 82 valence electrons. The first-order valence-electron chi connectivity index (χ1n) is 4.58. The Balaban J connectivity index is 3.01. The smallest absolute Gasteiger partial charge is 0.264 e. The summed E-state index contributed by atoms with van der Waals surface area (Å²) in [5, 5.41) is 0. The van der Waals surface area contributed by atoms with Crippen LogP contribution in [0.1, 0.15) is 19.4 Å². The molecule has 0 atom stereocenters. The Bertz CT molecular complexity index is 448. The number of amides is 1. The fraction of sp³-hybridized carbons (Fsp3) is 0.300. The Morgan fingerprint density at radius 1 is 1.27 bits per heavy atom. The Hall–Kier alpha value is -1.36. The number of carbonyl (C=O) groups is 1. The molecular formula is C10H13NO3S. The van der Waals surface area contributed by atoms with Crippen LogP contribution in [0.5, 0.6) is 0 Å². The molecular weight excluding hydrogens is 214 g/mol. The molecule has 0 heterocycles. The van der Waals surface area contributed by atoms with Gasteiger partial charge >= 0.3 is 0 Å². The first-order chi connectivity index (χ1) is 6.95. The first-order valence-corrected chi connectivity index (χ1v) is 6.06. The van der Waals surface area contributed by atoms with Gasteiger partial charge in [0, 0.05) is 6.92 Å². The van der Waals surface area contributed by atoms with Crippen molar-refractivity contribution in [1.29, 1.82) is 0 Å². The van der Waals surface area contributed by atoms with Crippen LogP contribution < -0.4 is 4.72 Å². The molecule has 0 radical (unpaired) electrons. The summed E-state index contributed by atoms with van der Waals surface area (Å²) in [5.41, 5.74) is 1.05. The summed E-state index contributed by atoms with van der Waals surface area (Å²) >= 11 is 0. The summed E-state index contributed by atoms with van der Waals surface area (Å²) in [7, 11) is -3.68. The van der Waals surface area contributed by atoms with E-state index in [2.05, 4.69) is 0 Å². The summed E-state index contributed by atoms with van der Waals surface area (Å²) in [4.78, 5) is 10.8. The fourth-order valence-corrected chi connectivity index (χ4v) is 2.14. The van der Waals surface area contributed by atoms with E-state index in [0.717, 1.165) is 18.9 Å². The molecule has 1 aromatic carbocycles. The van der Waals surface area contributed by atoms with E-state index in [-0.39, 0.29) is 4.90 Å². The highest BCUT2D eigenvalue weighted by Crippen LogP contribution is 2.10. The lowest BCUT2D eigenvalue weighted by molar-refractivity contribution is -0.117. The van der Waals surface area contributed by atoms with Crippen LogP contribution in [0.2, 0.25) is 0 Å². The highest BCUT2D eigenvalue weighted by molar-refractivity contribution is 7.90. The lowest BCUT2D eigenvalue weighted by atomic mass is 10.2. The summed E-state index contributed by atoms with van der Waals surface area (Å²) in [6.07, 6.45) is 0.848. The number of aryl methyl sites for hydroxylation is 1. The average molecular weight is 227 g/mol. The monoisotopic (exact) mass is 227 g/mol. The molecule has 1 N–H and O–H groups in total. The number of sulfonamides is 1. The van der Waals surface area contributed by atoms with Crippen LogP contribution in [0.15, 0.2) is 29.2 Å². The maximum Gasteiger partial charge on any atom is 0.264 e. The van der Waals surface area contributed by atoms with Gasteiger partial charge in [-0.25, -0.2) is 13.1 Å². The van der Waals surface area contributed by atoms with Crippen molar-refractivity contribution in [2.75, 3.05) is 0 Å². The summed E-state index contributed by atoms with van der Waals surface area (Å²) in [6.45, 7) is 3.15. The van der Waals surface area contributed by atoms with Gasteiger partial charge in [0.25, 0.3) is 10.0 Å². The van der Waals surface area contributed by atoms with Crippen LogP contribution in [-0.4, -0.2) is 14.3 Å². The van der Waals surface area contributed by atoms with E-state index in [9.17, 15) is 13.2 Å². The minimum Gasteiger partial charge on any atom is -0.274 e. The largest absolute Gasteiger partial charge is 0.274 e. The zero-order valence-corrected chi connectivity index (χ0v) is 9.47. The average Bonchev–Trinajstić information content (AvgIpc) is 2.16. The van der Waals surface area contributed by atoms with Gasteiger partial charge in [-0.15, -0.1) is 0 Å². The molecule has 0 aromatic heterocycles. The molecule has 0 aliphatic carbocycles. The number of nitrogens with one attached hydrogen (secondary N) is 1. The van der Waals surface area contributed by atoms with E-state index >= 15 is 0 Å². The van der Waals surface area contributed by atoms with Gasteiger partial charge in [-0.1, -0.05) is 19.1 Å². The van der Waals surface area contributed by atoms with Gasteiger partial charge in [0.1, 0.15) is 0 Å². The van der Waals surface area contributed by atoms with Crippen molar-refractivity contribution in [2.45, 2.75) is 25.2 Å². The molecule has 0 saturated heterocycles. The van der Waals surface area contributed by atoms with Crippen LogP contribution in [0.4, 0.5) is 0 Å². The second-order valence-electron chi connectivity index (χ2n) is 3.16. The molecule has 5 heteroatoms. The van der Waals surface area contributed by atoms with Crippen molar-refractivity contribution >= 4 is 15.9 Å². The van der Waals surface area contributed by atoms with Gasteiger partial charge in [-0.2, -0.15) is 0 Å². The van der Waals surface area contributed by atoms with Gasteiger partial charge < -0.3 is 0 Å². The van der Waals surface area contributed by atoms with Gasteiger partial charge in [0.15, 0.2) is 0 Å². The second kappa shape index (κ2) is 4.44. The summed E-state index contributed by atoms with van der Waals surface area (Å²) in [5.74, 6) is -0.588. The number of rotatable bonds is 3. The van der Waals surface area contributed by atoms with E-state index in [1.54, 1.807) is 12.1 Å². The van der Waals surface area contributed by atoms with Gasteiger partial charge in [-0.05, 0) is 24.1 Å². The van der Waals surface area contributed by atoms with Crippen LogP contribution in [0, 0.1) is 0 Å². The van der Waals surface area contributed by atoms with Crippen LogP contribution >= 0.6 is 0 Å². The number of hydrogen-bond donors (Lipinski definition) is 1. The lowest BCUT2D eigenvalue weighted by Gasteiger charge is -2.04. The van der Waals surface area contributed by atoms with Gasteiger partial charge in [0.05, 0.1) is 4.90 Å². The molecule has 0 fully saturated rings. The maximum atomic E-state index is 11.5. The van der Waals surface area contributed by atoms with E-state index < -0.39 is 15.9 Å². The van der Waals surface area contributed by atoms with E-state index in [4.69, 9.17) is 0 Å². The number of benzene rings is 1. The molecule has 1 rings (SSSR count). The SMILES string of the molecule is CCc1ccc(S(=O)(=O)NC(C)=O)cc1. The van der Waals surface area contributed by atoms with Crippen molar-refractivity contribution in [2.24, 2.45) is 0 Å². The van der Waals surface area contributed by atoms with Gasteiger partial charge in [-0.3, -0.25) is 4.79 Å². The highest BCUT2D eigenvalue weighted by atomic mass is 32.2. The third-order valence-electron chi connectivity index (χ3n) is 1.92. The molecule has 0 unspecified atom stereocenters. The van der Waals surface area contributed by atoms with Crippen molar-refractivity contribution < 1.29 is 13.2 Å². The normalized spacial score (nSPS) is 11.1. The molecule has 0 aliphatic rings. The fourth-order valence-electron chi connectivity index (χ4n) is 1.15. The zero-order chi connectivity index (χ0) is 11.5. The molecule has 0 aliphatic heterocycles. The molecule has 0 spiro atoms. The summed E-state index contributed by atoms with van der Waals surface area (Å²) < 4.78 is 24.9. The number of carbonyl (C=O) groups excluding carboxylic acids is 1. The molecule has 0 bridgehead atoms. The third-order valence-corrected chi connectivity index (χ3v) is 3.37. The predicted molar refractivity (Wildman–Crippen MR) is 56.8 cm³/mol. The van der Waals surface area contributed by atoms with Crippen LogP contribution in [0.25, 0.3) is 0 Å². The Labute approximate surface area is 89.4 Å². The van der Waals surface area contributed by atoms with E-state index in [1.165, 1.54) is 12.1 Å². The quantitative estimate of drug-likeness (QED) is 0.840. The van der Waals surface area contributed by atoms with Crippen molar-refractivity contribution in [3.05, 3.63) is 29.8 Å². The molecule has 0 saturated carbocycles. The first kappa shape index (κ1) is 11.7. The van der Waals surface area contributed by atoms with E-state index in [0.29, 0.717) is 0 Å². The van der Waals surface area contributed by atoms with Crippen molar-refractivity contribution in [3.63, 3.8) is 0 Å². The predicted octanol–water partition coefficient (Wildman–Crippen LogP) is 1.07. The molecule has 15 heavy (non-hydrogen) atoms. The Morgan fingerprint density at radius 3 is 2.20 bits per heavy atom. The maximum absolute atomic E-state index is 11.5.